The lowest BCUT2D eigenvalue weighted by Gasteiger charge is -2.06. The highest BCUT2D eigenvalue weighted by molar-refractivity contribution is 7.13. The number of carbonyl (C=O) groups excluding carboxylic acids is 1. The van der Waals surface area contributed by atoms with Crippen LogP contribution in [0.2, 0.25) is 0 Å². The van der Waals surface area contributed by atoms with Crippen LogP contribution >= 0.6 is 11.3 Å². The molecule has 0 aliphatic carbocycles. The molecule has 2 N–H and O–H groups in total. The zero-order chi connectivity index (χ0) is 16.7. The first-order valence-electron chi connectivity index (χ1n) is 7.29. The summed E-state index contributed by atoms with van der Waals surface area (Å²) in [5, 5.41) is 14.1. The number of unbranched alkanes of at least 4 members (excludes halogenated alkanes) is 1. The summed E-state index contributed by atoms with van der Waals surface area (Å²) in [5.41, 5.74) is 1.67. The van der Waals surface area contributed by atoms with Crippen LogP contribution < -0.4 is 5.32 Å². The molecule has 0 atom stereocenters. The van der Waals surface area contributed by atoms with Crippen molar-refractivity contribution in [3.63, 3.8) is 0 Å². The average Bonchev–Trinajstić information content (AvgIpc) is 2.94. The first kappa shape index (κ1) is 17.0. The third kappa shape index (κ3) is 5.37. The molecule has 0 saturated carbocycles. The monoisotopic (exact) mass is 334 g/mol. The number of hydrogen-bond acceptors (Lipinski definition) is 6. The lowest BCUT2D eigenvalue weighted by Crippen LogP contribution is -2.06. The Kier molecular flexibility index (Phi) is 6.10. The number of thiazole rings is 1. The molecule has 1 aromatic carbocycles. The van der Waals surface area contributed by atoms with Gasteiger partial charge in [0.05, 0.1) is 24.3 Å². The molecular weight excluding hydrogens is 316 g/mol. The Balaban J connectivity index is 2.00. The number of aromatic nitrogens is 1. The minimum absolute atomic E-state index is 0.109. The number of carboxylic acid groups (broad SMARTS) is 1. The topological polar surface area (TPSA) is 88.5 Å². The molecule has 0 spiro atoms. The Morgan fingerprint density at radius 1 is 1.39 bits per heavy atom. The van der Waals surface area contributed by atoms with E-state index in [2.05, 4.69) is 10.3 Å². The summed E-state index contributed by atoms with van der Waals surface area (Å²) in [6.45, 7) is 2.45. The number of esters is 1. The molecular formula is C16H18N2O4S. The van der Waals surface area contributed by atoms with Crippen molar-refractivity contribution in [1.29, 1.82) is 0 Å². The van der Waals surface area contributed by atoms with Crippen LogP contribution in [0.25, 0.3) is 0 Å². The molecule has 122 valence electrons. The number of carbonyl (C=O) groups is 2. The maximum absolute atomic E-state index is 11.9. The van der Waals surface area contributed by atoms with Crippen molar-refractivity contribution in [3.8, 4) is 0 Å². The van der Waals surface area contributed by atoms with Crippen molar-refractivity contribution >= 4 is 34.1 Å². The molecule has 1 aromatic heterocycles. The van der Waals surface area contributed by atoms with Crippen molar-refractivity contribution in [1.82, 2.24) is 4.98 Å². The molecule has 2 rings (SSSR count). The van der Waals surface area contributed by atoms with Gasteiger partial charge in [-0.15, -0.1) is 11.3 Å². The number of hydrogen-bond donors (Lipinski definition) is 2. The van der Waals surface area contributed by atoms with E-state index >= 15 is 0 Å². The molecule has 1 heterocycles. The Bertz CT molecular complexity index is 684. The summed E-state index contributed by atoms with van der Waals surface area (Å²) in [5.74, 6) is -1.27. The SMILES string of the molecule is CCCCOC(=O)c1cccc(Nc2nc(CC(=O)O)cs2)c1. The van der Waals surface area contributed by atoms with Gasteiger partial charge < -0.3 is 15.2 Å². The van der Waals surface area contributed by atoms with Crippen LogP contribution in [0.4, 0.5) is 10.8 Å². The van der Waals surface area contributed by atoms with E-state index in [0.29, 0.717) is 28.7 Å². The quantitative estimate of drug-likeness (QED) is 0.567. The summed E-state index contributed by atoms with van der Waals surface area (Å²) in [6, 6.07) is 6.94. The van der Waals surface area contributed by atoms with Crippen LogP contribution in [0, 0.1) is 0 Å². The van der Waals surface area contributed by atoms with Gasteiger partial charge in [0, 0.05) is 11.1 Å². The van der Waals surface area contributed by atoms with Gasteiger partial charge in [0.25, 0.3) is 0 Å². The molecule has 0 fully saturated rings. The van der Waals surface area contributed by atoms with Gasteiger partial charge in [-0.3, -0.25) is 4.79 Å². The van der Waals surface area contributed by atoms with E-state index in [1.54, 1.807) is 29.6 Å². The number of anilines is 2. The van der Waals surface area contributed by atoms with Crippen LogP contribution in [-0.4, -0.2) is 28.6 Å². The number of rotatable bonds is 8. The summed E-state index contributed by atoms with van der Waals surface area (Å²) >= 11 is 1.32. The van der Waals surface area contributed by atoms with Gasteiger partial charge in [0.15, 0.2) is 5.13 Å². The zero-order valence-electron chi connectivity index (χ0n) is 12.7. The lowest BCUT2D eigenvalue weighted by molar-refractivity contribution is -0.136. The Morgan fingerprint density at radius 3 is 2.96 bits per heavy atom. The summed E-state index contributed by atoms with van der Waals surface area (Å²) in [4.78, 5) is 26.8. The van der Waals surface area contributed by atoms with Gasteiger partial charge in [-0.25, -0.2) is 9.78 Å². The van der Waals surface area contributed by atoms with E-state index in [-0.39, 0.29) is 12.4 Å². The fourth-order valence-corrected chi connectivity index (χ4v) is 2.57. The van der Waals surface area contributed by atoms with Gasteiger partial charge in [-0.1, -0.05) is 19.4 Å². The zero-order valence-corrected chi connectivity index (χ0v) is 13.6. The predicted octanol–water partition coefficient (Wildman–Crippen LogP) is 3.47. The minimum atomic E-state index is -0.918. The number of carboxylic acids is 1. The van der Waals surface area contributed by atoms with E-state index in [1.807, 2.05) is 6.92 Å². The fraction of sp³-hybridized carbons (Fsp3) is 0.312. The summed E-state index contributed by atoms with van der Waals surface area (Å²) < 4.78 is 5.18. The predicted molar refractivity (Wildman–Crippen MR) is 88.4 cm³/mol. The second kappa shape index (κ2) is 8.28. The van der Waals surface area contributed by atoms with Crippen molar-refractivity contribution in [2.45, 2.75) is 26.2 Å². The molecule has 23 heavy (non-hydrogen) atoms. The van der Waals surface area contributed by atoms with Crippen LogP contribution in [0.1, 0.15) is 35.8 Å². The molecule has 0 saturated heterocycles. The molecule has 0 radical (unpaired) electrons. The van der Waals surface area contributed by atoms with Crippen LogP contribution in [0.3, 0.4) is 0 Å². The highest BCUT2D eigenvalue weighted by Gasteiger charge is 2.09. The van der Waals surface area contributed by atoms with E-state index in [1.165, 1.54) is 11.3 Å². The minimum Gasteiger partial charge on any atom is -0.481 e. The molecule has 2 aromatic rings. The number of benzene rings is 1. The highest BCUT2D eigenvalue weighted by atomic mass is 32.1. The standard InChI is InChI=1S/C16H18N2O4S/c1-2-3-7-22-15(21)11-5-4-6-12(8-11)17-16-18-13(10-23-16)9-14(19)20/h4-6,8,10H,2-3,7,9H2,1H3,(H,17,18)(H,19,20). The highest BCUT2D eigenvalue weighted by Crippen LogP contribution is 2.22. The maximum atomic E-state index is 11.9. The largest absolute Gasteiger partial charge is 0.481 e. The lowest BCUT2D eigenvalue weighted by atomic mass is 10.2. The number of nitrogens with one attached hydrogen (secondary N) is 1. The van der Waals surface area contributed by atoms with Crippen LogP contribution in [0.5, 0.6) is 0 Å². The van der Waals surface area contributed by atoms with Gasteiger partial charge in [-0.05, 0) is 24.6 Å². The Labute approximate surface area is 138 Å². The van der Waals surface area contributed by atoms with E-state index in [9.17, 15) is 9.59 Å². The fourth-order valence-electron chi connectivity index (χ4n) is 1.84. The molecule has 6 nitrogen and oxygen atoms in total. The first-order chi connectivity index (χ1) is 11.1. The van der Waals surface area contributed by atoms with Crippen molar-refractivity contribution in [2.75, 3.05) is 11.9 Å². The number of aliphatic carboxylic acids is 1. The number of nitrogens with zero attached hydrogens (tertiary/aromatic N) is 1. The normalized spacial score (nSPS) is 10.3. The molecule has 0 aliphatic heterocycles. The first-order valence-corrected chi connectivity index (χ1v) is 8.17. The molecule has 7 heteroatoms. The van der Waals surface area contributed by atoms with E-state index in [4.69, 9.17) is 9.84 Å². The summed E-state index contributed by atoms with van der Waals surface area (Å²) in [7, 11) is 0. The van der Waals surface area contributed by atoms with E-state index < -0.39 is 5.97 Å². The van der Waals surface area contributed by atoms with Crippen LogP contribution in [-0.2, 0) is 16.0 Å². The van der Waals surface area contributed by atoms with Gasteiger partial charge in [0.2, 0.25) is 0 Å². The third-order valence-corrected chi connectivity index (χ3v) is 3.77. The maximum Gasteiger partial charge on any atom is 0.338 e. The Hall–Kier alpha value is -2.41. The number of ether oxygens (including phenoxy) is 1. The molecule has 0 aliphatic rings. The molecule has 0 unspecified atom stereocenters. The molecule has 0 amide bonds. The van der Waals surface area contributed by atoms with Crippen molar-refractivity contribution < 1.29 is 19.4 Å². The van der Waals surface area contributed by atoms with Gasteiger partial charge in [-0.2, -0.15) is 0 Å². The van der Waals surface area contributed by atoms with Crippen molar-refractivity contribution in [2.24, 2.45) is 0 Å². The smallest absolute Gasteiger partial charge is 0.338 e. The second-order valence-corrected chi connectivity index (χ2v) is 5.77. The molecule has 0 bridgehead atoms. The third-order valence-electron chi connectivity index (χ3n) is 2.96. The van der Waals surface area contributed by atoms with E-state index in [0.717, 1.165) is 12.8 Å². The van der Waals surface area contributed by atoms with Crippen molar-refractivity contribution in [3.05, 3.63) is 40.9 Å². The average molecular weight is 334 g/mol. The summed E-state index contributed by atoms with van der Waals surface area (Å²) in [6.07, 6.45) is 1.70. The Morgan fingerprint density at radius 2 is 2.22 bits per heavy atom. The van der Waals surface area contributed by atoms with Gasteiger partial charge >= 0.3 is 11.9 Å². The van der Waals surface area contributed by atoms with Crippen LogP contribution in [0.15, 0.2) is 29.6 Å². The second-order valence-electron chi connectivity index (χ2n) is 4.91. The van der Waals surface area contributed by atoms with Gasteiger partial charge in [0.1, 0.15) is 0 Å².